The molecule has 1 fully saturated rings. The normalized spacial score (nSPS) is 34.4. The molecule has 21 heavy (non-hydrogen) atoms. The van der Waals surface area contributed by atoms with Crippen molar-refractivity contribution in [3.8, 4) is 0 Å². The molecule has 5 N–H and O–H groups in total. The van der Waals surface area contributed by atoms with Crippen molar-refractivity contribution in [1.29, 1.82) is 0 Å². The van der Waals surface area contributed by atoms with E-state index in [0.717, 1.165) is 0 Å². The Morgan fingerprint density at radius 3 is 2.95 bits per heavy atom. The molecule has 9 heteroatoms. The number of hydrogen-bond donors (Lipinski definition) is 4. The summed E-state index contributed by atoms with van der Waals surface area (Å²) in [5.41, 5.74) is 4.86. The van der Waals surface area contributed by atoms with Gasteiger partial charge in [0.2, 0.25) is 0 Å². The highest BCUT2D eigenvalue weighted by Gasteiger charge is 2.62. The van der Waals surface area contributed by atoms with Crippen LogP contribution in [0.25, 0.3) is 16.7 Å². The van der Waals surface area contributed by atoms with E-state index in [4.69, 9.17) is 10.5 Å². The summed E-state index contributed by atoms with van der Waals surface area (Å²) in [4.78, 5) is 12.3. The molecule has 0 radical (unpaired) electrons. The van der Waals surface area contributed by atoms with E-state index in [-0.39, 0.29) is 11.4 Å². The first-order chi connectivity index (χ1) is 10.00. The summed E-state index contributed by atoms with van der Waals surface area (Å²) in [5, 5.41) is 30.4. The summed E-state index contributed by atoms with van der Waals surface area (Å²) in [7, 11) is 0. The summed E-state index contributed by atoms with van der Waals surface area (Å²) in [6.07, 6.45) is -1.92. The highest BCUT2D eigenvalue weighted by atomic mass is 16.6. The first-order valence-corrected chi connectivity index (χ1v) is 6.35. The maximum atomic E-state index is 10.7. The molecule has 4 rings (SSSR count). The van der Waals surface area contributed by atoms with Crippen molar-refractivity contribution in [3.63, 3.8) is 0 Å². The number of aliphatic hydroxyl groups excluding tert-OH is 2. The van der Waals surface area contributed by atoms with E-state index < -0.39 is 30.6 Å². The number of nitrogens with two attached hydrogens (primary N) is 1. The van der Waals surface area contributed by atoms with Gasteiger partial charge in [-0.2, -0.15) is 0 Å². The molecule has 0 spiro atoms. The van der Waals surface area contributed by atoms with Gasteiger partial charge >= 0.3 is 0 Å². The number of hydrogen-bond acceptors (Lipinski definition) is 8. The van der Waals surface area contributed by atoms with Gasteiger partial charge in [-0.1, -0.05) is 6.58 Å². The predicted octanol–water partition coefficient (Wildman–Crippen LogP) is -1.58. The second kappa shape index (κ2) is 3.77. The molecule has 1 saturated heterocycles. The maximum absolute atomic E-state index is 10.7. The minimum atomic E-state index is -1.79. The van der Waals surface area contributed by atoms with Crippen molar-refractivity contribution >= 4 is 22.6 Å². The van der Waals surface area contributed by atoms with Crippen LogP contribution in [0.4, 0.5) is 5.82 Å². The van der Waals surface area contributed by atoms with Gasteiger partial charge in [0, 0.05) is 5.57 Å². The largest absolute Gasteiger partial charge is 0.394 e. The van der Waals surface area contributed by atoms with Crippen LogP contribution in [0.3, 0.4) is 0 Å². The van der Waals surface area contributed by atoms with E-state index in [1.165, 1.54) is 10.9 Å². The average Bonchev–Trinajstić information content (AvgIpc) is 2.94. The molecule has 2 aliphatic heterocycles. The van der Waals surface area contributed by atoms with E-state index in [1.54, 1.807) is 0 Å². The van der Waals surface area contributed by atoms with Gasteiger partial charge < -0.3 is 25.8 Å². The van der Waals surface area contributed by atoms with Crippen molar-refractivity contribution in [2.45, 2.75) is 24.0 Å². The van der Waals surface area contributed by atoms with Crippen molar-refractivity contribution in [2.75, 3.05) is 12.3 Å². The zero-order chi connectivity index (χ0) is 14.9. The van der Waals surface area contributed by atoms with Gasteiger partial charge in [-0.3, -0.25) is 4.57 Å². The minimum Gasteiger partial charge on any atom is -0.394 e. The fourth-order valence-electron chi connectivity index (χ4n) is 3.07. The molecule has 0 aromatic carbocycles. The lowest BCUT2D eigenvalue weighted by Gasteiger charge is -2.35. The van der Waals surface area contributed by atoms with Gasteiger partial charge in [0.15, 0.2) is 28.8 Å². The topological polar surface area (TPSA) is 140 Å². The Morgan fingerprint density at radius 2 is 2.24 bits per heavy atom. The highest BCUT2D eigenvalue weighted by molar-refractivity contribution is 5.86. The number of nitrogens with zero attached hydrogens (tertiary/aromatic N) is 4. The Labute approximate surface area is 118 Å². The number of rotatable bonds is 1. The summed E-state index contributed by atoms with van der Waals surface area (Å²) in [6, 6.07) is 0. The molecular weight excluding hydrogens is 278 g/mol. The standard InChI is InChI=1S/C12H13N5O4/c1-4-9-16-6-8(13)14-3-15-10(6)17(9)11-7(19)12(4,20)5(2-18)21-11/h3,5,7,11,18-20H,1-2H2,(H2,13,14,15)/t5-,7+,11-,12-/m1/s1. The molecule has 9 nitrogen and oxygen atoms in total. The number of ether oxygens (including phenoxy) is 1. The molecule has 2 bridgehead atoms. The van der Waals surface area contributed by atoms with E-state index in [2.05, 4.69) is 21.5 Å². The first kappa shape index (κ1) is 12.7. The lowest BCUT2D eigenvalue weighted by molar-refractivity contribution is -0.0548. The Bertz CT molecular complexity index is 774. The number of aromatic nitrogens is 4. The van der Waals surface area contributed by atoms with E-state index in [0.29, 0.717) is 17.0 Å². The lowest BCUT2D eigenvalue weighted by Crippen LogP contribution is -2.52. The van der Waals surface area contributed by atoms with Crippen LogP contribution < -0.4 is 5.73 Å². The third-order valence-corrected chi connectivity index (χ3v) is 4.19. The molecule has 0 saturated carbocycles. The number of nitrogen functional groups attached to an aromatic ring is 1. The molecule has 2 aliphatic rings. The second-order valence-corrected chi connectivity index (χ2v) is 5.18. The monoisotopic (exact) mass is 291 g/mol. The molecule has 0 amide bonds. The zero-order valence-electron chi connectivity index (χ0n) is 10.8. The Balaban J connectivity index is 2.04. The summed E-state index contributed by atoms with van der Waals surface area (Å²) >= 11 is 0. The van der Waals surface area contributed by atoms with Crippen LogP contribution in [0.15, 0.2) is 12.9 Å². The second-order valence-electron chi connectivity index (χ2n) is 5.18. The molecule has 2 aromatic rings. The summed E-state index contributed by atoms with van der Waals surface area (Å²) in [6.45, 7) is 3.35. The van der Waals surface area contributed by atoms with Crippen molar-refractivity contribution in [1.82, 2.24) is 19.5 Å². The number of anilines is 1. The smallest absolute Gasteiger partial charge is 0.168 e. The zero-order valence-corrected chi connectivity index (χ0v) is 10.8. The van der Waals surface area contributed by atoms with Crippen LogP contribution in [-0.2, 0) is 4.74 Å². The van der Waals surface area contributed by atoms with Gasteiger partial charge in [-0.15, -0.1) is 0 Å². The number of imidazole rings is 1. The van der Waals surface area contributed by atoms with Crippen LogP contribution in [0.1, 0.15) is 12.1 Å². The van der Waals surface area contributed by atoms with E-state index >= 15 is 0 Å². The van der Waals surface area contributed by atoms with Gasteiger partial charge in [0.1, 0.15) is 24.4 Å². The van der Waals surface area contributed by atoms with Gasteiger partial charge in [0.05, 0.1) is 6.61 Å². The molecule has 4 heterocycles. The molecule has 2 aromatic heterocycles. The molecule has 0 aliphatic carbocycles. The predicted molar refractivity (Wildman–Crippen MR) is 70.7 cm³/mol. The molecule has 110 valence electrons. The quantitative estimate of drug-likeness (QED) is 0.493. The van der Waals surface area contributed by atoms with Crippen LogP contribution in [0, 0.1) is 0 Å². The Kier molecular flexibility index (Phi) is 2.27. The van der Waals surface area contributed by atoms with Crippen LogP contribution in [-0.4, -0.2) is 59.3 Å². The average molecular weight is 291 g/mol. The minimum absolute atomic E-state index is 0.153. The number of fused-ring (bicyclic) bond motifs is 6. The lowest BCUT2D eigenvalue weighted by atomic mass is 9.82. The number of aliphatic hydroxyl groups is 3. The fraction of sp³-hybridized carbons (Fsp3) is 0.417. The summed E-state index contributed by atoms with van der Waals surface area (Å²) in [5.74, 6) is 0.497. The SMILES string of the molecule is C=C1c2nc3c(N)ncnc3n2[C@@H]2O[C@H](CO)[C@@]1(O)[C@H]2O. The molecular formula is C12H13N5O4. The van der Waals surface area contributed by atoms with Crippen LogP contribution >= 0.6 is 0 Å². The Morgan fingerprint density at radius 1 is 1.48 bits per heavy atom. The van der Waals surface area contributed by atoms with Crippen LogP contribution in [0.5, 0.6) is 0 Å². The third kappa shape index (κ3) is 1.27. The van der Waals surface area contributed by atoms with Crippen molar-refractivity contribution in [2.24, 2.45) is 0 Å². The first-order valence-electron chi connectivity index (χ1n) is 6.35. The van der Waals surface area contributed by atoms with Gasteiger partial charge in [0.25, 0.3) is 0 Å². The molecule has 0 unspecified atom stereocenters. The molecule has 4 atom stereocenters. The maximum Gasteiger partial charge on any atom is 0.168 e. The van der Waals surface area contributed by atoms with Crippen molar-refractivity contribution < 1.29 is 20.1 Å². The van der Waals surface area contributed by atoms with Crippen LogP contribution in [0.2, 0.25) is 0 Å². The van der Waals surface area contributed by atoms with Gasteiger partial charge in [-0.05, 0) is 0 Å². The Hall–Kier alpha value is -2.07. The summed E-state index contributed by atoms with van der Waals surface area (Å²) < 4.78 is 7.08. The highest BCUT2D eigenvalue weighted by Crippen LogP contribution is 2.50. The fourth-order valence-corrected chi connectivity index (χ4v) is 3.07. The van der Waals surface area contributed by atoms with E-state index in [1.807, 2.05) is 0 Å². The van der Waals surface area contributed by atoms with Gasteiger partial charge in [-0.25, -0.2) is 15.0 Å². The van der Waals surface area contributed by atoms with Crippen molar-refractivity contribution in [3.05, 3.63) is 18.7 Å². The third-order valence-electron chi connectivity index (χ3n) is 4.19. The van der Waals surface area contributed by atoms with E-state index in [9.17, 15) is 15.3 Å².